The first-order valence-corrected chi connectivity index (χ1v) is 12.0. The molecule has 7 heteroatoms. The fourth-order valence-electron chi connectivity index (χ4n) is 4.23. The lowest BCUT2D eigenvalue weighted by atomic mass is 9.87. The highest BCUT2D eigenvalue weighted by atomic mass is 32.2. The van der Waals surface area contributed by atoms with E-state index in [1.807, 2.05) is 36.4 Å². The zero-order chi connectivity index (χ0) is 22.6. The Morgan fingerprint density at radius 2 is 1.79 bits per heavy atom. The Hall–Kier alpha value is -3.45. The molecule has 33 heavy (non-hydrogen) atoms. The normalized spacial score (nSPS) is 16.1. The number of ether oxygens (including phenoxy) is 2. The number of hydrogen-bond acceptors (Lipinski definition) is 5. The van der Waals surface area contributed by atoms with Crippen molar-refractivity contribution in [2.45, 2.75) is 30.2 Å². The maximum atomic E-state index is 13.1. The Morgan fingerprint density at radius 3 is 2.73 bits per heavy atom. The van der Waals surface area contributed by atoms with Crippen LogP contribution in [0.2, 0.25) is 0 Å². The maximum absolute atomic E-state index is 13.1. The Morgan fingerprint density at radius 1 is 0.970 bits per heavy atom. The SMILES string of the molecule is O=C(CSc1ccccc1C(=O)NC1CCCc2ccccc21)Nc1ccc2c(c1)OCO2. The summed E-state index contributed by atoms with van der Waals surface area (Å²) in [6.07, 6.45) is 3.03. The van der Waals surface area contributed by atoms with E-state index in [1.54, 1.807) is 18.2 Å². The second-order valence-electron chi connectivity index (χ2n) is 8.02. The molecule has 0 saturated heterocycles. The van der Waals surface area contributed by atoms with Crippen LogP contribution in [0, 0.1) is 0 Å². The number of fused-ring (bicyclic) bond motifs is 2. The van der Waals surface area contributed by atoms with E-state index in [0.717, 1.165) is 24.2 Å². The summed E-state index contributed by atoms with van der Waals surface area (Å²) in [5, 5.41) is 6.08. The molecule has 0 fully saturated rings. The van der Waals surface area contributed by atoms with Gasteiger partial charge in [-0.05, 0) is 54.7 Å². The number of amides is 2. The molecule has 2 aliphatic rings. The maximum Gasteiger partial charge on any atom is 0.252 e. The van der Waals surface area contributed by atoms with E-state index in [-0.39, 0.29) is 30.4 Å². The van der Waals surface area contributed by atoms with Crippen molar-refractivity contribution in [2.75, 3.05) is 17.9 Å². The molecule has 0 saturated carbocycles. The molecule has 2 N–H and O–H groups in total. The fourth-order valence-corrected chi connectivity index (χ4v) is 5.08. The van der Waals surface area contributed by atoms with E-state index in [2.05, 4.69) is 22.8 Å². The summed E-state index contributed by atoms with van der Waals surface area (Å²) in [6.45, 7) is 0.188. The first-order valence-electron chi connectivity index (χ1n) is 11.0. The predicted octanol–water partition coefficient (Wildman–Crippen LogP) is 4.95. The number of carbonyl (C=O) groups excluding carboxylic acids is 2. The number of nitrogens with one attached hydrogen (secondary N) is 2. The summed E-state index contributed by atoms with van der Waals surface area (Å²) in [6, 6.07) is 21.0. The topological polar surface area (TPSA) is 76.7 Å². The highest BCUT2D eigenvalue weighted by Crippen LogP contribution is 2.34. The van der Waals surface area contributed by atoms with Gasteiger partial charge in [0.2, 0.25) is 12.7 Å². The first-order chi connectivity index (χ1) is 16.2. The summed E-state index contributed by atoms with van der Waals surface area (Å²) in [5.41, 5.74) is 3.73. The van der Waals surface area contributed by atoms with E-state index in [0.29, 0.717) is 22.7 Å². The molecule has 1 unspecified atom stereocenters. The van der Waals surface area contributed by atoms with Crippen molar-refractivity contribution < 1.29 is 19.1 Å². The molecule has 0 aromatic heterocycles. The molecule has 0 radical (unpaired) electrons. The molecule has 1 heterocycles. The minimum Gasteiger partial charge on any atom is -0.454 e. The number of carbonyl (C=O) groups is 2. The highest BCUT2D eigenvalue weighted by Gasteiger charge is 2.23. The summed E-state index contributed by atoms with van der Waals surface area (Å²) >= 11 is 1.35. The minimum absolute atomic E-state index is 0.00909. The Kier molecular flexibility index (Phi) is 6.21. The van der Waals surface area contributed by atoms with E-state index >= 15 is 0 Å². The van der Waals surface area contributed by atoms with Crippen LogP contribution in [-0.2, 0) is 11.2 Å². The monoisotopic (exact) mass is 460 g/mol. The van der Waals surface area contributed by atoms with Crippen LogP contribution in [0.1, 0.15) is 40.4 Å². The summed E-state index contributed by atoms with van der Waals surface area (Å²) in [7, 11) is 0. The fraction of sp³-hybridized carbons (Fsp3) is 0.231. The molecule has 2 amide bonds. The molecule has 3 aromatic rings. The van der Waals surface area contributed by atoms with Gasteiger partial charge in [-0.2, -0.15) is 0 Å². The smallest absolute Gasteiger partial charge is 0.252 e. The van der Waals surface area contributed by atoms with Crippen molar-refractivity contribution in [3.8, 4) is 11.5 Å². The van der Waals surface area contributed by atoms with Crippen LogP contribution in [0.4, 0.5) is 5.69 Å². The van der Waals surface area contributed by atoms with Crippen molar-refractivity contribution in [2.24, 2.45) is 0 Å². The zero-order valence-corrected chi connectivity index (χ0v) is 18.8. The van der Waals surface area contributed by atoms with Crippen molar-refractivity contribution in [3.05, 3.63) is 83.4 Å². The van der Waals surface area contributed by atoms with E-state index < -0.39 is 0 Å². The van der Waals surface area contributed by atoms with Crippen LogP contribution in [0.3, 0.4) is 0 Å². The molecule has 1 aliphatic carbocycles. The third kappa shape index (κ3) is 4.83. The Balaban J connectivity index is 1.23. The number of aryl methyl sites for hydroxylation is 1. The van der Waals surface area contributed by atoms with Gasteiger partial charge >= 0.3 is 0 Å². The van der Waals surface area contributed by atoms with Gasteiger partial charge < -0.3 is 20.1 Å². The lowest BCUT2D eigenvalue weighted by Crippen LogP contribution is -2.31. The van der Waals surface area contributed by atoms with Crippen molar-refractivity contribution in [1.82, 2.24) is 5.32 Å². The van der Waals surface area contributed by atoms with Crippen LogP contribution >= 0.6 is 11.8 Å². The molecule has 5 rings (SSSR count). The quantitative estimate of drug-likeness (QED) is 0.509. The van der Waals surface area contributed by atoms with E-state index in [4.69, 9.17) is 9.47 Å². The third-order valence-electron chi connectivity index (χ3n) is 5.82. The standard InChI is InChI=1S/C26H24N2O4S/c29-25(27-18-12-13-22-23(14-18)32-16-31-22)15-33-24-11-4-3-9-20(24)26(30)28-21-10-5-7-17-6-1-2-8-19(17)21/h1-4,6,8-9,11-14,21H,5,7,10,15-16H2,(H,27,29)(H,28,30). The van der Waals surface area contributed by atoms with Gasteiger partial charge in [0.25, 0.3) is 5.91 Å². The number of benzene rings is 3. The molecular weight excluding hydrogens is 436 g/mol. The molecule has 0 spiro atoms. The van der Waals surface area contributed by atoms with Crippen LogP contribution in [-0.4, -0.2) is 24.4 Å². The largest absolute Gasteiger partial charge is 0.454 e. The van der Waals surface area contributed by atoms with Gasteiger partial charge in [0.1, 0.15) is 0 Å². The van der Waals surface area contributed by atoms with Crippen molar-refractivity contribution in [3.63, 3.8) is 0 Å². The third-order valence-corrected chi connectivity index (χ3v) is 6.90. The van der Waals surface area contributed by atoms with E-state index in [1.165, 1.54) is 22.9 Å². The molecule has 1 aliphatic heterocycles. The van der Waals surface area contributed by atoms with Gasteiger partial charge in [-0.25, -0.2) is 0 Å². The van der Waals surface area contributed by atoms with Crippen LogP contribution in [0.15, 0.2) is 71.6 Å². The van der Waals surface area contributed by atoms with Crippen molar-refractivity contribution >= 4 is 29.3 Å². The predicted molar refractivity (Wildman–Crippen MR) is 128 cm³/mol. The van der Waals surface area contributed by atoms with Gasteiger partial charge in [0.15, 0.2) is 11.5 Å². The number of thioether (sulfide) groups is 1. The van der Waals surface area contributed by atoms with Gasteiger partial charge in [0.05, 0.1) is 17.4 Å². The zero-order valence-electron chi connectivity index (χ0n) is 18.0. The Labute approximate surface area is 196 Å². The summed E-state index contributed by atoms with van der Waals surface area (Å²) in [5.74, 6) is 1.20. The molecule has 6 nitrogen and oxygen atoms in total. The molecule has 0 bridgehead atoms. The minimum atomic E-state index is -0.157. The molecule has 3 aromatic carbocycles. The number of anilines is 1. The first kappa shape index (κ1) is 21.4. The van der Waals surface area contributed by atoms with Crippen molar-refractivity contribution in [1.29, 1.82) is 0 Å². The second-order valence-corrected chi connectivity index (χ2v) is 9.04. The van der Waals surface area contributed by atoms with Gasteiger partial charge in [-0.3, -0.25) is 9.59 Å². The van der Waals surface area contributed by atoms with Crippen LogP contribution < -0.4 is 20.1 Å². The second kappa shape index (κ2) is 9.58. The lowest BCUT2D eigenvalue weighted by Gasteiger charge is -2.26. The Bertz CT molecular complexity index is 1200. The summed E-state index contributed by atoms with van der Waals surface area (Å²) in [4.78, 5) is 26.4. The lowest BCUT2D eigenvalue weighted by molar-refractivity contribution is -0.113. The van der Waals surface area contributed by atoms with Gasteiger partial charge in [-0.1, -0.05) is 36.4 Å². The van der Waals surface area contributed by atoms with Gasteiger partial charge in [0, 0.05) is 16.6 Å². The average molecular weight is 461 g/mol. The number of rotatable bonds is 6. The van der Waals surface area contributed by atoms with Crippen LogP contribution in [0.25, 0.3) is 0 Å². The summed E-state index contributed by atoms with van der Waals surface area (Å²) < 4.78 is 10.6. The van der Waals surface area contributed by atoms with Gasteiger partial charge in [-0.15, -0.1) is 11.8 Å². The average Bonchev–Trinajstić information content (AvgIpc) is 3.31. The van der Waals surface area contributed by atoms with Crippen LogP contribution in [0.5, 0.6) is 11.5 Å². The highest BCUT2D eigenvalue weighted by molar-refractivity contribution is 8.00. The number of hydrogen-bond donors (Lipinski definition) is 2. The molecule has 168 valence electrons. The molecule has 1 atom stereocenters. The van der Waals surface area contributed by atoms with E-state index in [9.17, 15) is 9.59 Å². The molecular formula is C26H24N2O4S.